The Morgan fingerprint density at radius 2 is 2.04 bits per heavy atom. The standard InChI is InChI=1S/C18H15N5O3/c1-23-18(25)12-6-3-2-5-11(12)15(22-23)10-19-17(24)14-9-13(20-21-14)16-7-4-8-26-16/h2-9H,10H2,1H3,(H,19,24)(H,20,21). The van der Waals surface area contributed by atoms with Crippen LogP contribution >= 0.6 is 0 Å². The fraction of sp³-hybridized carbons (Fsp3) is 0.111. The number of H-pyrrole nitrogens is 1. The summed E-state index contributed by atoms with van der Waals surface area (Å²) < 4.78 is 6.54. The summed E-state index contributed by atoms with van der Waals surface area (Å²) in [5, 5.41) is 15.1. The molecular weight excluding hydrogens is 334 g/mol. The molecule has 8 nitrogen and oxygen atoms in total. The highest BCUT2D eigenvalue weighted by Crippen LogP contribution is 2.18. The average Bonchev–Trinajstić information content (AvgIpc) is 3.34. The van der Waals surface area contributed by atoms with Crippen molar-refractivity contribution in [3.8, 4) is 11.5 Å². The van der Waals surface area contributed by atoms with Gasteiger partial charge in [-0.15, -0.1) is 0 Å². The van der Waals surface area contributed by atoms with Gasteiger partial charge in [0, 0.05) is 18.5 Å². The number of aromatic amines is 1. The van der Waals surface area contributed by atoms with Gasteiger partial charge in [0.25, 0.3) is 11.5 Å². The number of nitrogens with zero attached hydrogens (tertiary/aromatic N) is 3. The van der Waals surface area contributed by atoms with Crippen LogP contribution in [0.5, 0.6) is 0 Å². The fourth-order valence-electron chi connectivity index (χ4n) is 2.76. The number of amides is 1. The number of fused-ring (bicyclic) bond motifs is 1. The molecule has 1 aromatic carbocycles. The SMILES string of the molecule is Cn1nc(CNC(=O)c2cc(-c3ccco3)[nH]n2)c2ccccc2c1=O. The van der Waals surface area contributed by atoms with Crippen molar-refractivity contribution >= 4 is 16.7 Å². The van der Waals surface area contributed by atoms with Gasteiger partial charge in [0.2, 0.25) is 0 Å². The van der Waals surface area contributed by atoms with E-state index in [1.54, 1.807) is 43.6 Å². The fourth-order valence-corrected chi connectivity index (χ4v) is 2.76. The van der Waals surface area contributed by atoms with Gasteiger partial charge < -0.3 is 9.73 Å². The molecule has 0 unspecified atom stereocenters. The molecule has 1 amide bonds. The summed E-state index contributed by atoms with van der Waals surface area (Å²) in [4.78, 5) is 24.5. The minimum atomic E-state index is -0.348. The lowest BCUT2D eigenvalue weighted by molar-refractivity contribution is 0.0945. The third kappa shape index (κ3) is 2.77. The smallest absolute Gasteiger partial charge is 0.274 e. The first kappa shape index (κ1) is 15.8. The van der Waals surface area contributed by atoms with Gasteiger partial charge >= 0.3 is 0 Å². The summed E-state index contributed by atoms with van der Waals surface area (Å²) in [5.41, 5.74) is 1.29. The summed E-state index contributed by atoms with van der Waals surface area (Å²) in [7, 11) is 1.59. The van der Waals surface area contributed by atoms with E-state index in [-0.39, 0.29) is 23.7 Å². The van der Waals surface area contributed by atoms with Crippen molar-refractivity contribution in [2.24, 2.45) is 7.05 Å². The molecule has 4 rings (SSSR count). The van der Waals surface area contributed by atoms with E-state index in [0.29, 0.717) is 27.9 Å². The quantitative estimate of drug-likeness (QED) is 0.585. The van der Waals surface area contributed by atoms with E-state index in [0.717, 1.165) is 0 Å². The second kappa shape index (κ2) is 6.32. The number of hydrogen-bond donors (Lipinski definition) is 2. The Kier molecular flexibility index (Phi) is 3.85. The monoisotopic (exact) mass is 349 g/mol. The predicted octanol–water partition coefficient (Wildman–Crippen LogP) is 1.85. The molecule has 0 fully saturated rings. The van der Waals surface area contributed by atoms with Gasteiger partial charge in [-0.1, -0.05) is 18.2 Å². The Morgan fingerprint density at radius 3 is 2.81 bits per heavy atom. The van der Waals surface area contributed by atoms with Crippen LogP contribution in [0, 0.1) is 0 Å². The van der Waals surface area contributed by atoms with Crippen molar-refractivity contribution in [1.29, 1.82) is 0 Å². The van der Waals surface area contributed by atoms with E-state index in [1.807, 2.05) is 12.1 Å². The molecule has 0 aliphatic rings. The maximum absolute atomic E-state index is 12.4. The summed E-state index contributed by atoms with van der Waals surface area (Å²) in [5.74, 6) is 0.251. The van der Waals surface area contributed by atoms with Gasteiger partial charge in [0.1, 0.15) is 5.69 Å². The maximum atomic E-state index is 12.4. The molecule has 26 heavy (non-hydrogen) atoms. The first-order chi connectivity index (χ1) is 12.6. The normalized spacial score (nSPS) is 11.0. The lowest BCUT2D eigenvalue weighted by Crippen LogP contribution is -2.27. The molecule has 4 aromatic rings. The van der Waals surface area contributed by atoms with Crippen molar-refractivity contribution < 1.29 is 9.21 Å². The molecule has 0 radical (unpaired) electrons. The van der Waals surface area contributed by atoms with Gasteiger partial charge in [0.15, 0.2) is 11.5 Å². The largest absolute Gasteiger partial charge is 0.463 e. The van der Waals surface area contributed by atoms with E-state index in [1.165, 1.54) is 4.68 Å². The predicted molar refractivity (Wildman–Crippen MR) is 94.4 cm³/mol. The van der Waals surface area contributed by atoms with Crippen LogP contribution in [0.25, 0.3) is 22.2 Å². The molecular formula is C18H15N5O3. The number of carbonyl (C=O) groups excluding carboxylic acids is 1. The van der Waals surface area contributed by atoms with Crippen LogP contribution in [-0.2, 0) is 13.6 Å². The number of aromatic nitrogens is 4. The molecule has 3 aromatic heterocycles. The third-order valence-corrected chi connectivity index (χ3v) is 4.05. The summed E-state index contributed by atoms with van der Waals surface area (Å²) in [6, 6.07) is 12.3. The van der Waals surface area contributed by atoms with E-state index in [2.05, 4.69) is 20.6 Å². The highest BCUT2D eigenvalue weighted by molar-refractivity contribution is 5.93. The van der Waals surface area contributed by atoms with E-state index < -0.39 is 0 Å². The van der Waals surface area contributed by atoms with Crippen LogP contribution in [0.15, 0.2) is 57.9 Å². The van der Waals surface area contributed by atoms with E-state index >= 15 is 0 Å². The molecule has 0 saturated heterocycles. The highest BCUT2D eigenvalue weighted by Gasteiger charge is 2.14. The number of hydrogen-bond acceptors (Lipinski definition) is 5. The first-order valence-corrected chi connectivity index (χ1v) is 7.96. The Balaban J connectivity index is 1.56. The minimum absolute atomic E-state index is 0.175. The molecule has 3 heterocycles. The third-order valence-electron chi connectivity index (χ3n) is 4.05. The van der Waals surface area contributed by atoms with Crippen molar-refractivity contribution in [2.75, 3.05) is 0 Å². The maximum Gasteiger partial charge on any atom is 0.274 e. The zero-order valence-electron chi connectivity index (χ0n) is 13.9. The van der Waals surface area contributed by atoms with Crippen LogP contribution in [-0.4, -0.2) is 25.9 Å². The molecule has 8 heteroatoms. The van der Waals surface area contributed by atoms with E-state index in [4.69, 9.17) is 4.42 Å². The van der Waals surface area contributed by atoms with Crippen molar-refractivity contribution in [3.05, 3.63) is 70.5 Å². The Morgan fingerprint density at radius 1 is 1.23 bits per heavy atom. The molecule has 0 saturated carbocycles. The molecule has 0 spiro atoms. The zero-order chi connectivity index (χ0) is 18.1. The Labute approximate surface area is 147 Å². The number of nitrogens with one attached hydrogen (secondary N) is 2. The van der Waals surface area contributed by atoms with Gasteiger partial charge in [-0.3, -0.25) is 14.7 Å². The zero-order valence-corrected chi connectivity index (χ0v) is 13.9. The van der Waals surface area contributed by atoms with Crippen molar-refractivity contribution in [1.82, 2.24) is 25.3 Å². The van der Waals surface area contributed by atoms with E-state index in [9.17, 15) is 9.59 Å². The van der Waals surface area contributed by atoms with Gasteiger partial charge in [0.05, 0.1) is 23.9 Å². The molecule has 130 valence electrons. The Hall–Kier alpha value is -3.68. The second-order valence-electron chi connectivity index (χ2n) is 5.75. The first-order valence-electron chi connectivity index (χ1n) is 7.96. The molecule has 0 aliphatic heterocycles. The van der Waals surface area contributed by atoms with Crippen LogP contribution in [0.3, 0.4) is 0 Å². The number of aryl methyl sites for hydroxylation is 1. The van der Waals surface area contributed by atoms with Crippen LogP contribution in [0.2, 0.25) is 0 Å². The topological polar surface area (TPSA) is 106 Å². The lowest BCUT2D eigenvalue weighted by Gasteiger charge is -2.08. The summed E-state index contributed by atoms with van der Waals surface area (Å²) in [6.07, 6.45) is 1.55. The van der Waals surface area contributed by atoms with Crippen LogP contribution in [0.1, 0.15) is 16.2 Å². The van der Waals surface area contributed by atoms with Crippen LogP contribution < -0.4 is 10.9 Å². The molecule has 0 atom stereocenters. The van der Waals surface area contributed by atoms with Crippen molar-refractivity contribution in [3.63, 3.8) is 0 Å². The Bertz CT molecular complexity index is 1140. The van der Waals surface area contributed by atoms with Crippen molar-refractivity contribution in [2.45, 2.75) is 6.54 Å². The summed E-state index contributed by atoms with van der Waals surface area (Å²) >= 11 is 0. The molecule has 0 aliphatic carbocycles. The number of rotatable bonds is 4. The van der Waals surface area contributed by atoms with Gasteiger partial charge in [-0.2, -0.15) is 10.2 Å². The van der Waals surface area contributed by atoms with Crippen LogP contribution in [0.4, 0.5) is 0 Å². The highest BCUT2D eigenvalue weighted by atomic mass is 16.3. The molecule has 2 N–H and O–H groups in total. The summed E-state index contributed by atoms with van der Waals surface area (Å²) in [6.45, 7) is 0.177. The lowest BCUT2D eigenvalue weighted by atomic mass is 10.1. The number of furan rings is 1. The van der Waals surface area contributed by atoms with Gasteiger partial charge in [-0.05, 0) is 18.2 Å². The molecule has 0 bridgehead atoms. The number of carbonyl (C=O) groups is 1. The van der Waals surface area contributed by atoms with Gasteiger partial charge in [-0.25, -0.2) is 4.68 Å². The minimum Gasteiger partial charge on any atom is -0.463 e. The average molecular weight is 349 g/mol. The second-order valence-corrected chi connectivity index (χ2v) is 5.75. The number of benzene rings is 1.